The Labute approximate surface area is 114 Å². The second-order valence-corrected chi connectivity index (χ2v) is 5.55. The predicted octanol–water partition coefficient (Wildman–Crippen LogP) is 3.29. The quantitative estimate of drug-likeness (QED) is 0.495. The van der Waals surface area contributed by atoms with Crippen molar-refractivity contribution in [2.24, 2.45) is 0 Å². The monoisotopic (exact) mass is 252 g/mol. The maximum Gasteiger partial charge on any atom is 0.0876 e. The fourth-order valence-corrected chi connectivity index (χ4v) is 3.14. The molecule has 1 rings (SSSR count). The van der Waals surface area contributed by atoms with Gasteiger partial charge in [-0.25, -0.2) is 0 Å². The summed E-state index contributed by atoms with van der Waals surface area (Å²) in [7, 11) is 0. The van der Waals surface area contributed by atoms with Gasteiger partial charge in [-0.2, -0.15) is 0 Å². The van der Waals surface area contributed by atoms with Crippen LogP contribution in [0.15, 0.2) is 0 Å². The Kier molecular flexibility index (Phi) is 12.5. The highest BCUT2D eigenvalue weighted by atomic mass is 15.2. The summed E-state index contributed by atoms with van der Waals surface area (Å²) < 4.78 is 0. The van der Waals surface area contributed by atoms with Crippen LogP contribution >= 0.6 is 0 Å². The molecule has 0 aromatic rings. The number of unbranched alkanes of at least 4 members (excludes halogenated alkanes) is 5. The number of hydrogen-bond acceptors (Lipinski definition) is 1. The third kappa shape index (κ3) is 7.71. The summed E-state index contributed by atoms with van der Waals surface area (Å²) in [5.41, 5.74) is 0. The Morgan fingerprint density at radius 1 is 1.00 bits per heavy atom. The molecule has 0 aromatic heterocycles. The topological polar surface area (TPSA) is 28.2 Å². The van der Waals surface area contributed by atoms with Gasteiger partial charge in [-0.3, -0.25) is 0 Å². The van der Waals surface area contributed by atoms with Crippen molar-refractivity contribution in [1.82, 2.24) is 0 Å². The van der Waals surface area contributed by atoms with Gasteiger partial charge in [0.15, 0.2) is 0 Å². The maximum atomic E-state index is 6.25. The average molecular weight is 252 g/mol. The van der Waals surface area contributed by atoms with Crippen LogP contribution in [-0.4, -0.2) is 19.1 Å². The summed E-state index contributed by atoms with van der Waals surface area (Å²) in [6, 6.07) is 1.01. The van der Waals surface area contributed by atoms with E-state index in [1.807, 2.05) is 4.90 Å². The number of likely N-dealkylation sites (tertiary alicyclic amines) is 1. The molecule has 106 valence electrons. The van der Waals surface area contributed by atoms with Crippen molar-refractivity contribution in [3.05, 3.63) is 6.57 Å². The Morgan fingerprint density at radius 2 is 1.67 bits per heavy atom. The SMILES string of the molecule is CCCCCCCC[NH+]1CCCC1CCC.[C-]#N. The van der Waals surface area contributed by atoms with E-state index in [4.69, 9.17) is 11.8 Å². The fraction of sp³-hybridized carbons (Fsp3) is 0.938. The fourth-order valence-electron chi connectivity index (χ4n) is 3.14. The molecule has 1 N–H and O–H groups in total. The van der Waals surface area contributed by atoms with Crippen LogP contribution in [0, 0.1) is 11.8 Å². The average Bonchev–Trinajstić information content (AvgIpc) is 2.84. The van der Waals surface area contributed by atoms with Crippen molar-refractivity contribution in [2.45, 2.75) is 84.1 Å². The molecular formula is C16H32N2. The van der Waals surface area contributed by atoms with Crippen LogP contribution in [0.1, 0.15) is 78.1 Å². The van der Waals surface area contributed by atoms with Crippen LogP contribution in [0.3, 0.4) is 0 Å². The lowest BCUT2D eigenvalue weighted by molar-refractivity contribution is -0.912. The molecule has 1 heterocycles. The highest BCUT2D eigenvalue weighted by Gasteiger charge is 2.26. The van der Waals surface area contributed by atoms with E-state index < -0.39 is 0 Å². The predicted molar refractivity (Wildman–Crippen MR) is 77.0 cm³/mol. The van der Waals surface area contributed by atoms with Crippen molar-refractivity contribution in [2.75, 3.05) is 13.1 Å². The number of nitrogens with one attached hydrogen (secondary N) is 1. The lowest BCUT2D eigenvalue weighted by Crippen LogP contribution is -3.13. The van der Waals surface area contributed by atoms with Gasteiger partial charge in [0.25, 0.3) is 0 Å². The van der Waals surface area contributed by atoms with E-state index >= 15 is 0 Å². The highest BCUT2D eigenvalue weighted by molar-refractivity contribution is 4.61. The molecule has 0 bridgehead atoms. The van der Waals surface area contributed by atoms with Gasteiger partial charge in [0.05, 0.1) is 19.1 Å². The van der Waals surface area contributed by atoms with Crippen LogP contribution in [0.5, 0.6) is 0 Å². The Balaban J connectivity index is 0.00000137. The van der Waals surface area contributed by atoms with Gasteiger partial charge in [-0.1, -0.05) is 46.0 Å². The molecule has 2 unspecified atom stereocenters. The minimum Gasteiger partial charge on any atom is -0.512 e. The molecule has 0 amide bonds. The summed E-state index contributed by atoms with van der Waals surface area (Å²) >= 11 is 0. The lowest BCUT2D eigenvalue weighted by atomic mass is 10.1. The molecule has 0 spiro atoms. The van der Waals surface area contributed by atoms with E-state index in [2.05, 4.69) is 13.8 Å². The zero-order valence-electron chi connectivity index (χ0n) is 12.5. The van der Waals surface area contributed by atoms with Crippen molar-refractivity contribution in [3.63, 3.8) is 0 Å². The van der Waals surface area contributed by atoms with E-state index in [0.29, 0.717) is 0 Å². The van der Waals surface area contributed by atoms with E-state index in [9.17, 15) is 0 Å². The van der Waals surface area contributed by atoms with E-state index in [1.54, 1.807) is 0 Å². The van der Waals surface area contributed by atoms with Crippen LogP contribution < -0.4 is 4.90 Å². The van der Waals surface area contributed by atoms with Crippen molar-refractivity contribution < 1.29 is 4.90 Å². The van der Waals surface area contributed by atoms with Crippen LogP contribution in [-0.2, 0) is 0 Å². The largest absolute Gasteiger partial charge is 0.512 e. The smallest absolute Gasteiger partial charge is 0.0876 e. The molecular weight excluding hydrogens is 220 g/mol. The Bertz CT molecular complexity index is 189. The molecule has 0 aliphatic carbocycles. The molecule has 1 fully saturated rings. The molecule has 1 aliphatic heterocycles. The first kappa shape index (κ1) is 17.4. The van der Waals surface area contributed by atoms with Gasteiger partial charge in [-0.05, 0) is 19.3 Å². The number of quaternary nitrogens is 1. The van der Waals surface area contributed by atoms with E-state index in [1.165, 1.54) is 77.3 Å². The number of hydrogen-bond donors (Lipinski definition) is 1. The van der Waals surface area contributed by atoms with Crippen molar-refractivity contribution in [3.8, 4) is 0 Å². The van der Waals surface area contributed by atoms with Gasteiger partial charge in [0.1, 0.15) is 0 Å². The van der Waals surface area contributed by atoms with Crippen LogP contribution in [0.25, 0.3) is 0 Å². The summed E-state index contributed by atoms with van der Waals surface area (Å²) in [6.45, 7) is 12.3. The second kappa shape index (κ2) is 12.9. The normalized spacial score (nSPS) is 22.4. The first-order chi connectivity index (χ1) is 8.88. The second-order valence-electron chi connectivity index (χ2n) is 5.55. The van der Waals surface area contributed by atoms with Crippen molar-refractivity contribution >= 4 is 0 Å². The van der Waals surface area contributed by atoms with Crippen LogP contribution in [0.2, 0.25) is 0 Å². The first-order valence-corrected chi connectivity index (χ1v) is 7.95. The van der Waals surface area contributed by atoms with Crippen LogP contribution in [0.4, 0.5) is 0 Å². The number of rotatable bonds is 9. The zero-order valence-corrected chi connectivity index (χ0v) is 12.5. The van der Waals surface area contributed by atoms with E-state index in [0.717, 1.165) is 6.04 Å². The minimum absolute atomic E-state index is 1.01. The first-order valence-electron chi connectivity index (χ1n) is 7.95. The summed E-state index contributed by atoms with van der Waals surface area (Å²) in [4.78, 5) is 1.93. The van der Waals surface area contributed by atoms with Gasteiger partial charge in [-0.15, -0.1) is 0 Å². The third-order valence-corrected chi connectivity index (χ3v) is 4.12. The third-order valence-electron chi connectivity index (χ3n) is 4.12. The Morgan fingerprint density at radius 3 is 2.33 bits per heavy atom. The highest BCUT2D eigenvalue weighted by Crippen LogP contribution is 2.07. The zero-order chi connectivity index (χ0) is 13.6. The minimum atomic E-state index is 1.01. The molecule has 1 aliphatic rings. The maximum absolute atomic E-state index is 6.25. The molecule has 2 heteroatoms. The van der Waals surface area contributed by atoms with Gasteiger partial charge < -0.3 is 16.7 Å². The standard InChI is InChI=1S/C15H31N.CN/c1-3-5-6-7-8-9-13-16-14-10-12-15(16)11-4-2;1-2/h15H,3-14H2,1-2H3;/q;-1/p+1. The molecule has 2 nitrogen and oxygen atoms in total. The molecule has 0 radical (unpaired) electrons. The van der Waals surface area contributed by atoms with E-state index in [-0.39, 0.29) is 0 Å². The number of nitrogens with zero attached hydrogens (tertiary/aromatic N) is 1. The molecule has 1 saturated heterocycles. The van der Waals surface area contributed by atoms with Gasteiger partial charge >= 0.3 is 0 Å². The van der Waals surface area contributed by atoms with Gasteiger partial charge in [0, 0.05) is 12.8 Å². The van der Waals surface area contributed by atoms with Gasteiger partial charge in [0.2, 0.25) is 0 Å². The summed E-state index contributed by atoms with van der Waals surface area (Å²) in [6.07, 6.45) is 14.5. The summed E-state index contributed by atoms with van der Waals surface area (Å²) in [5.74, 6) is 0. The molecule has 18 heavy (non-hydrogen) atoms. The lowest BCUT2D eigenvalue weighted by Gasteiger charge is -2.21. The molecule has 2 atom stereocenters. The molecule has 0 aromatic carbocycles. The summed E-state index contributed by atoms with van der Waals surface area (Å²) in [5, 5.41) is 6.25. The molecule has 0 saturated carbocycles. The Hall–Kier alpha value is -0.550. The van der Waals surface area contributed by atoms with Crippen molar-refractivity contribution in [1.29, 1.82) is 5.26 Å².